The van der Waals surface area contributed by atoms with Gasteiger partial charge in [0.05, 0.1) is 63.2 Å². The van der Waals surface area contributed by atoms with E-state index in [2.05, 4.69) is 9.44 Å². The van der Waals surface area contributed by atoms with Gasteiger partial charge < -0.3 is 23.8 Å². The van der Waals surface area contributed by atoms with E-state index in [4.69, 9.17) is 18.9 Å². The molecule has 2 saturated heterocycles. The Kier molecular flexibility index (Phi) is 10.2. The molecule has 0 radical (unpaired) electrons. The van der Waals surface area contributed by atoms with Crippen LogP contribution >= 0.6 is 0 Å². The van der Waals surface area contributed by atoms with Crippen LogP contribution in [-0.2, 0) is 46.0 Å². The van der Waals surface area contributed by atoms with Crippen LogP contribution in [-0.4, -0.2) is 109 Å². The van der Waals surface area contributed by atoms with Crippen molar-refractivity contribution in [2.24, 2.45) is 0 Å². The molecule has 0 amide bonds. The lowest BCUT2D eigenvalue weighted by Gasteiger charge is -2.33. The summed E-state index contributed by atoms with van der Waals surface area (Å²) in [5.74, 6) is 0.413. The fraction of sp³-hybridized carbons (Fsp3) is 0.520. The van der Waals surface area contributed by atoms with Crippen molar-refractivity contribution in [2.45, 2.75) is 16.2 Å². The predicted molar refractivity (Wildman–Crippen MR) is 156 cm³/mol. The molecule has 0 saturated carbocycles. The van der Waals surface area contributed by atoms with Crippen molar-refractivity contribution in [1.29, 1.82) is 0 Å². The third-order valence-corrected chi connectivity index (χ3v) is 10.9. The minimum atomic E-state index is -4.32. The Morgan fingerprint density at radius 2 is 1.40 bits per heavy atom. The average molecular weight is 649 g/mol. The largest absolute Gasteiger partial charge is 0.493 e. The van der Waals surface area contributed by atoms with Crippen LogP contribution in [0.5, 0.6) is 11.5 Å². The second kappa shape index (κ2) is 13.3. The van der Waals surface area contributed by atoms with E-state index < -0.39 is 30.1 Å². The molecule has 2 aliphatic rings. The summed E-state index contributed by atoms with van der Waals surface area (Å²) in [5.41, 5.74) is 0.752. The van der Waals surface area contributed by atoms with E-state index in [9.17, 15) is 25.3 Å². The van der Waals surface area contributed by atoms with Gasteiger partial charge in [0, 0.05) is 38.8 Å². The first-order valence-corrected chi connectivity index (χ1v) is 17.9. The number of nitrogens with zero attached hydrogens (tertiary/aromatic N) is 2. The quantitative estimate of drug-likeness (QED) is 0.328. The molecule has 0 aromatic heterocycles. The molecule has 234 valence electrons. The van der Waals surface area contributed by atoms with Crippen molar-refractivity contribution in [3.8, 4) is 11.5 Å². The molecule has 0 bridgehead atoms. The monoisotopic (exact) mass is 648 g/mol. The standard InChI is InChI=1S/C25H36N4O10S3/c1-36-22-16-19(6-7-26-40(3,30)31)24(18-23(22)37-2)41(32,33)27-20-4-5-21(28-8-12-38-13-9-28)25(17-20)42(34,35)29-10-14-39-15-11-29/h4-5,16-18,26-27H,6-15H2,1-3H3. The highest BCUT2D eigenvalue weighted by Gasteiger charge is 2.32. The van der Waals surface area contributed by atoms with Crippen molar-refractivity contribution in [1.82, 2.24) is 9.03 Å². The lowest BCUT2D eigenvalue weighted by Crippen LogP contribution is -2.42. The molecule has 4 rings (SSSR count). The minimum Gasteiger partial charge on any atom is -0.493 e. The summed E-state index contributed by atoms with van der Waals surface area (Å²) in [6.07, 6.45) is 1.03. The SMILES string of the molecule is COc1cc(CCNS(C)(=O)=O)c(S(=O)(=O)Nc2ccc(N3CCOCC3)c(S(=O)(=O)N3CCOCC3)c2)cc1OC. The number of hydrogen-bond donors (Lipinski definition) is 2. The Morgan fingerprint density at radius 3 is 2.00 bits per heavy atom. The van der Waals surface area contributed by atoms with E-state index in [-0.39, 0.29) is 71.8 Å². The molecule has 2 aromatic carbocycles. The number of ether oxygens (including phenoxy) is 4. The number of sulfonamides is 3. The molecular weight excluding hydrogens is 612 g/mol. The molecular formula is C25H36N4O10S3. The number of hydrogen-bond acceptors (Lipinski definition) is 11. The van der Waals surface area contributed by atoms with E-state index in [0.717, 1.165) is 6.26 Å². The fourth-order valence-electron chi connectivity index (χ4n) is 4.70. The van der Waals surface area contributed by atoms with Crippen molar-refractivity contribution in [3.63, 3.8) is 0 Å². The van der Waals surface area contributed by atoms with Crippen LogP contribution in [0, 0.1) is 0 Å². The summed E-state index contributed by atoms with van der Waals surface area (Å²) in [4.78, 5) is 1.69. The van der Waals surface area contributed by atoms with Crippen LogP contribution in [0.2, 0.25) is 0 Å². The Morgan fingerprint density at radius 1 is 0.810 bits per heavy atom. The molecule has 0 unspecified atom stereocenters. The van der Waals surface area contributed by atoms with Gasteiger partial charge in [-0.15, -0.1) is 0 Å². The summed E-state index contributed by atoms with van der Waals surface area (Å²) in [6, 6.07) is 7.16. The van der Waals surface area contributed by atoms with Crippen LogP contribution in [0.15, 0.2) is 40.1 Å². The molecule has 42 heavy (non-hydrogen) atoms. The maximum atomic E-state index is 13.8. The Balaban J connectivity index is 1.74. The summed E-state index contributed by atoms with van der Waals surface area (Å²) >= 11 is 0. The van der Waals surface area contributed by atoms with Gasteiger partial charge in [-0.05, 0) is 36.2 Å². The van der Waals surface area contributed by atoms with Gasteiger partial charge in [0.2, 0.25) is 20.0 Å². The molecule has 2 N–H and O–H groups in total. The maximum Gasteiger partial charge on any atom is 0.262 e. The van der Waals surface area contributed by atoms with Gasteiger partial charge in [-0.1, -0.05) is 0 Å². The number of anilines is 2. The number of rotatable bonds is 12. The van der Waals surface area contributed by atoms with Gasteiger partial charge in [0.15, 0.2) is 11.5 Å². The van der Waals surface area contributed by atoms with Gasteiger partial charge in [-0.3, -0.25) is 4.72 Å². The fourth-order valence-corrected chi connectivity index (χ4v) is 8.14. The van der Waals surface area contributed by atoms with Gasteiger partial charge in [0.25, 0.3) is 10.0 Å². The molecule has 2 fully saturated rings. The van der Waals surface area contributed by atoms with Crippen LogP contribution in [0.1, 0.15) is 5.56 Å². The van der Waals surface area contributed by atoms with Crippen LogP contribution in [0.3, 0.4) is 0 Å². The first-order chi connectivity index (χ1) is 19.9. The molecule has 2 aliphatic heterocycles. The lowest BCUT2D eigenvalue weighted by atomic mass is 10.1. The van der Waals surface area contributed by atoms with Crippen LogP contribution < -0.4 is 23.8 Å². The Bertz CT molecular complexity index is 1590. The molecule has 0 spiro atoms. The van der Waals surface area contributed by atoms with E-state index in [0.29, 0.717) is 32.0 Å². The highest BCUT2D eigenvalue weighted by Crippen LogP contribution is 2.36. The number of nitrogens with one attached hydrogen (secondary N) is 2. The van der Waals surface area contributed by atoms with Gasteiger partial charge in [-0.25, -0.2) is 30.0 Å². The minimum absolute atomic E-state index is 0.0241. The second-order valence-corrected chi connectivity index (χ2v) is 15.0. The number of benzene rings is 2. The zero-order valence-electron chi connectivity index (χ0n) is 23.7. The lowest BCUT2D eigenvalue weighted by molar-refractivity contribution is 0.0730. The van der Waals surface area contributed by atoms with Crippen LogP contribution in [0.4, 0.5) is 11.4 Å². The van der Waals surface area contributed by atoms with Crippen LogP contribution in [0.25, 0.3) is 0 Å². The van der Waals surface area contributed by atoms with Crippen molar-refractivity contribution in [3.05, 3.63) is 35.9 Å². The van der Waals surface area contributed by atoms with Gasteiger partial charge in [0.1, 0.15) is 4.90 Å². The van der Waals surface area contributed by atoms with Gasteiger partial charge >= 0.3 is 0 Å². The summed E-state index contributed by atoms with van der Waals surface area (Å²) < 4.78 is 106. The third kappa shape index (κ3) is 7.64. The predicted octanol–water partition coefficient (Wildman–Crippen LogP) is 0.454. The average Bonchev–Trinajstić information content (AvgIpc) is 2.96. The smallest absolute Gasteiger partial charge is 0.262 e. The summed E-state index contributed by atoms with van der Waals surface area (Å²) in [6.45, 7) is 2.63. The molecule has 14 nitrogen and oxygen atoms in total. The van der Waals surface area contributed by atoms with E-state index in [1.807, 2.05) is 4.90 Å². The van der Waals surface area contributed by atoms with E-state index in [1.165, 1.54) is 42.8 Å². The maximum absolute atomic E-state index is 13.8. The molecule has 0 atom stereocenters. The summed E-state index contributed by atoms with van der Waals surface area (Å²) in [5, 5.41) is 0. The Labute approximate surface area is 247 Å². The second-order valence-electron chi connectivity index (χ2n) is 9.64. The molecule has 17 heteroatoms. The first-order valence-electron chi connectivity index (χ1n) is 13.1. The molecule has 2 heterocycles. The zero-order valence-corrected chi connectivity index (χ0v) is 26.1. The summed E-state index contributed by atoms with van der Waals surface area (Å²) in [7, 11) is -9.08. The van der Waals surface area contributed by atoms with E-state index >= 15 is 0 Å². The highest BCUT2D eigenvalue weighted by atomic mass is 32.2. The van der Waals surface area contributed by atoms with E-state index in [1.54, 1.807) is 6.07 Å². The number of morpholine rings is 2. The zero-order chi connectivity index (χ0) is 30.5. The topological polar surface area (TPSA) is 170 Å². The highest BCUT2D eigenvalue weighted by molar-refractivity contribution is 7.92. The number of methoxy groups -OCH3 is 2. The Hall–Kier alpha value is -2.67. The normalized spacial score (nSPS) is 17.2. The van der Waals surface area contributed by atoms with Crippen molar-refractivity contribution < 1.29 is 44.2 Å². The van der Waals surface area contributed by atoms with Crippen molar-refractivity contribution in [2.75, 3.05) is 89.2 Å². The third-order valence-electron chi connectivity index (χ3n) is 6.77. The first kappa shape index (κ1) is 32.2. The molecule has 0 aliphatic carbocycles. The molecule has 2 aromatic rings. The van der Waals surface area contributed by atoms with Gasteiger partial charge in [-0.2, -0.15) is 4.31 Å². The van der Waals surface area contributed by atoms with Crippen molar-refractivity contribution >= 4 is 41.4 Å².